The lowest BCUT2D eigenvalue weighted by Gasteiger charge is -2.22. The Hall–Kier alpha value is -0.810. The predicted molar refractivity (Wildman–Crippen MR) is 96.6 cm³/mol. The molecule has 0 rings (SSSR count). The highest BCUT2D eigenvalue weighted by atomic mass is 16.5. The third kappa shape index (κ3) is 10.0. The van der Waals surface area contributed by atoms with Gasteiger partial charge < -0.3 is 20.3 Å². The van der Waals surface area contributed by atoms with Crippen molar-refractivity contribution in [1.29, 1.82) is 0 Å². The molecule has 1 unspecified atom stereocenters. The highest BCUT2D eigenvalue weighted by Crippen LogP contribution is 2.09. The van der Waals surface area contributed by atoms with Crippen molar-refractivity contribution < 1.29 is 4.74 Å². The Balaban J connectivity index is 3.97. The van der Waals surface area contributed by atoms with Crippen molar-refractivity contribution in [1.82, 2.24) is 15.5 Å². The van der Waals surface area contributed by atoms with E-state index < -0.39 is 0 Å². The Labute approximate surface area is 137 Å². The van der Waals surface area contributed by atoms with Gasteiger partial charge in [-0.25, -0.2) is 0 Å². The van der Waals surface area contributed by atoms with E-state index in [1.165, 1.54) is 6.42 Å². The molecule has 0 amide bonds. The van der Waals surface area contributed by atoms with Crippen LogP contribution in [0.15, 0.2) is 4.99 Å². The molecule has 0 heterocycles. The second-order valence-electron chi connectivity index (χ2n) is 5.89. The number of hydrogen-bond acceptors (Lipinski definition) is 3. The van der Waals surface area contributed by atoms with Gasteiger partial charge in [-0.3, -0.25) is 4.99 Å². The van der Waals surface area contributed by atoms with Crippen LogP contribution >= 0.6 is 0 Å². The zero-order chi connectivity index (χ0) is 16.8. The van der Waals surface area contributed by atoms with Crippen LogP contribution in [0.2, 0.25) is 0 Å². The van der Waals surface area contributed by atoms with Crippen molar-refractivity contribution in [3.8, 4) is 0 Å². The largest absolute Gasteiger partial charge is 0.378 e. The van der Waals surface area contributed by atoms with Crippen molar-refractivity contribution in [2.24, 2.45) is 10.9 Å². The van der Waals surface area contributed by atoms with Crippen molar-refractivity contribution >= 4 is 5.96 Å². The fraction of sp³-hybridized carbons (Fsp3) is 0.941. The summed E-state index contributed by atoms with van der Waals surface area (Å²) in [5.41, 5.74) is 0. The first kappa shape index (κ1) is 21.2. The Morgan fingerprint density at radius 2 is 1.77 bits per heavy atom. The molecule has 0 fully saturated rings. The molecule has 1 atom stereocenters. The van der Waals surface area contributed by atoms with E-state index in [1.807, 2.05) is 7.05 Å². The maximum atomic E-state index is 5.77. The normalized spacial score (nSPS) is 13.7. The smallest absolute Gasteiger partial charge is 0.191 e. The molecule has 0 aliphatic heterocycles. The van der Waals surface area contributed by atoms with Crippen LogP contribution in [0, 0.1) is 5.92 Å². The molecule has 0 spiro atoms. The van der Waals surface area contributed by atoms with E-state index in [2.05, 4.69) is 55.1 Å². The van der Waals surface area contributed by atoms with Crippen LogP contribution in [-0.2, 0) is 4.74 Å². The van der Waals surface area contributed by atoms with E-state index in [9.17, 15) is 0 Å². The molecule has 0 aromatic heterocycles. The minimum atomic E-state index is 0.316. The van der Waals surface area contributed by atoms with Gasteiger partial charge in [0.1, 0.15) is 0 Å². The molecule has 5 heteroatoms. The van der Waals surface area contributed by atoms with Gasteiger partial charge in [0.15, 0.2) is 5.96 Å². The van der Waals surface area contributed by atoms with Gasteiger partial charge in [0.05, 0.1) is 6.10 Å². The van der Waals surface area contributed by atoms with Crippen molar-refractivity contribution in [2.75, 3.05) is 46.4 Å². The lowest BCUT2D eigenvalue weighted by Crippen LogP contribution is -2.42. The summed E-state index contributed by atoms with van der Waals surface area (Å²) < 4.78 is 5.77. The molecule has 5 nitrogen and oxygen atoms in total. The number of rotatable bonds is 12. The summed E-state index contributed by atoms with van der Waals surface area (Å²) in [6, 6.07) is 0. The Morgan fingerprint density at radius 1 is 1.09 bits per heavy atom. The maximum absolute atomic E-state index is 5.77. The van der Waals surface area contributed by atoms with E-state index >= 15 is 0 Å². The molecule has 0 saturated heterocycles. The molecule has 0 saturated carbocycles. The molecule has 0 aromatic rings. The summed E-state index contributed by atoms with van der Waals surface area (Å²) in [4.78, 5) is 6.73. The van der Waals surface area contributed by atoms with Gasteiger partial charge in [-0.2, -0.15) is 0 Å². The van der Waals surface area contributed by atoms with Crippen LogP contribution in [0.3, 0.4) is 0 Å². The highest BCUT2D eigenvalue weighted by molar-refractivity contribution is 5.79. The maximum Gasteiger partial charge on any atom is 0.191 e. The lowest BCUT2D eigenvalue weighted by atomic mass is 10.0. The minimum Gasteiger partial charge on any atom is -0.378 e. The Morgan fingerprint density at radius 3 is 2.27 bits per heavy atom. The topological polar surface area (TPSA) is 48.9 Å². The first-order valence-corrected chi connectivity index (χ1v) is 8.87. The van der Waals surface area contributed by atoms with Crippen LogP contribution in [0.5, 0.6) is 0 Å². The number of nitrogens with zero attached hydrogens (tertiary/aromatic N) is 2. The quantitative estimate of drug-likeness (QED) is 0.429. The van der Waals surface area contributed by atoms with Gasteiger partial charge >= 0.3 is 0 Å². The van der Waals surface area contributed by atoms with E-state index in [0.717, 1.165) is 51.7 Å². The van der Waals surface area contributed by atoms with Gasteiger partial charge in [0.2, 0.25) is 0 Å². The van der Waals surface area contributed by atoms with E-state index in [-0.39, 0.29) is 0 Å². The number of nitrogens with one attached hydrogen (secondary N) is 2. The van der Waals surface area contributed by atoms with Crippen LogP contribution in [0.1, 0.15) is 47.5 Å². The standard InChI is InChI=1S/C17H38N4O/c1-7-13-21(8-2)14-12-20-17(18-6)19-11-10-16(15(4)5)22-9-3/h15-16H,7-14H2,1-6H3,(H2,18,19,20). The van der Waals surface area contributed by atoms with Gasteiger partial charge in [-0.1, -0.05) is 27.7 Å². The number of guanidine groups is 1. The molecular weight excluding hydrogens is 276 g/mol. The molecular formula is C17H38N4O. The fourth-order valence-electron chi connectivity index (χ4n) is 2.45. The van der Waals surface area contributed by atoms with Crippen molar-refractivity contribution in [3.05, 3.63) is 0 Å². The summed E-state index contributed by atoms with van der Waals surface area (Å²) >= 11 is 0. The van der Waals surface area contributed by atoms with Gasteiger partial charge in [0.25, 0.3) is 0 Å². The SMILES string of the molecule is CCCN(CC)CCNC(=NC)NCCC(OCC)C(C)C. The average Bonchev–Trinajstić information content (AvgIpc) is 2.51. The predicted octanol–water partition coefficient (Wildman–Crippen LogP) is 2.33. The van der Waals surface area contributed by atoms with Crippen LogP contribution < -0.4 is 10.6 Å². The minimum absolute atomic E-state index is 0.316. The van der Waals surface area contributed by atoms with Crippen molar-refractivity contribution in [2.45, 2.75) is 53.6 Å². The van der Waals surface area contributed by atoms with Crippen LogP contribution in [0.25, 0.3) is 0 Å². The molecule has 22 heavy (non-hydrogen) atoms. The van der Waals surface area contributed by atoms with E-state index in [4.69, 9.17) is 4.74 Å². The summed E-state index contributed by atoms with van der Waals surface area (Å²) in [7, 11) is 1.82. The summed E-state index contributed by atoms with van der Waals surface area (Å²) in [5, 5.41) is 6.76. The number of hydrogen-bond donors (Lipinski definition) is 2. The molecule has 132 valence electrons. The third-order valence-electron chi connectivity index (χ3n) is 3.78. The van der Waals surface area contributed by atoms with Crippen molar-refractivity contribution in [3.63, 3.8) is 0 Å². The second-order valence-corrected chi connectivity index (χ2v) is 5.89. The third-order valence-corrected chi connectivity index (χ3v) is 3.78. The van der Waals surface area contributed by atoms with Crippen LogP contribution in [-0.4, -0.2) is 63.3 Å². The number of aliphatic imine (C=N–C) groups is 1. The molecule has 0 aliphatic carbocycles. The Bertz CT molecular complexity index is 282. The molecule has 0 aliphatic rings. The van der Waals surface area contributed by atoms with Gasteiger partial charge in [0, 0.05) is 33.3 Å². The van der Waals surface area contributed by atoms with Crippen LogP contribution in [0.4, 0.5) is 0 Å². The first-order valence-electron chi connectivity index (χ1n) is 8.87. The second kappa shape index (κ2) is 13.8. The lowest BCUT2D eigenvalue weighted by molar-refractivity contribution is 0.0258. The summed E-state index contributed by atoms with van der Waals surface area (Å²) in [5.74, 6) is 1.43. The monoisotopic (exact) mass is 314 g/mol. The number of ether oxygens (including phenoxy) is 1. The highest BCUT2D eigenvalue weighted by Gasteiger charge is 2.12. The average molecular weight is 315 g/mol. The first-order chi connectivity index (χ1) is 10.6. The summed E-state index contributed by atoms with van der Waals surface area (Å²) in [6.07, 6.45) is 2.52. The molecule has 2 N–H and O–H groups in total. The fourth-order valence-corrected chi connectivity index (χ4v) is 2.45. The molecule has 0 bridgehead atoms. The summed E-state index contributed by atoms with van der Waals surface area (Å²) in [6.45, 7) is 16.8. The van der Waals surface area contributed by atoms with Gasteiger partial charge in [-0.05, 0) is 38.8 Å². The zero-order valence-corrected chi connectivity index (χ0v) is 15.6. The van der Waals surface area contributed by atoms with E-state index in [1.54, 1.807) is 0 Å². The molecule has 0 radical (unpaired) electrons. The van der Waals surface area contributed by atoms with Gasteiger partial charge in [-0.15, -0.1) is 0 Å². The number of likely N-dealkylation sites (N-methyl/N-ethyl adjacent to an activating group) is 1. The van der Waals surface area contributed by atoms with E-state index in [0.29, 0.717) is 12.0 Å². The zero-order valence-electron chi connectivity index (χ0n) is 15.6. The molecule has 0 aromatic carbocycles. The Kier molecular flexibility index (Phi) is 13.3.